The monoisotopic (exact) mass is 495 g/mol. The van der Waals surface area contributed by atoms with Gasteiger partial charge in [0.15, 0.2) is 10.5 Å². The Morgan fingerprint density at radius 3 is 1.85 bits per heavy atom. The molecule has 1 atom stereocenters. The zero-order valence-corrected chi connectivity index (χ0v) is 22.7. The fourth-order valence-corrected chi connectivity index (χ4v) is 5.63. The van der Waals surface area contributed by atoms with Crippen molar-refractivity contribution >= 4 is 15.9 Å². The maximum Gasteiger partial charge on any atom is 0.281 e. The lowest BCUT2D eigenvalue weighted by Gasteiger charge is -2.28. The molecule has 0 saturated heterocycles. The molecule has 0 spiro atoms. The molecule has 6 heteroatoms. The predicted molar refractivity (Wildman–Crippen MR) is 143 cm³/mol. The highest BCUT2D eigenvalue weighted by Gasteiger charge is 2.47. The molecule has 0 aliphatic carbocycles. The molecule has 1 aromatic carbocycles. The quantitative estimate of drug-likeness (QED) is 0.149. The van der Waals surface area contributed by atoms with Crippen molar-refractivity contribution in [3.63, 3.8) is 0 Å². The smallest absolute Gasteiger partial charge is 0.281 e. The fraction of sp³-hybridized carbons (Fsp3) is 0.750. The van der Waals surface area contributed by atoms with Gasteiger partial charge in [-0.1, -0.05) is 102 Å². The third kappa shape index (κ3) is 9.79. The molecular weight excluding hydrogens is 446 g/mol. The van der Waals surface area contributed by atoms with Crippen LogP contribution < -0.4 is 5.73 Å². The first-order valence-corrected chi connectivity index (χ1v) is 14.9. The van der Waals surface area contributed by atoms with Crippen LogP contribution >= 0.6 is 0 Å². The summed E-state index contributed by atoms with van der Waals surface area (Å²) >= 11 is 0. The Morgan fingerprint density at radius 1 is 0.882 bits per heavy atom. The number of ketones is 1. The van der Waals surface area contributed by atoms with E-state index in [1.165, 1.54) is 64.7 Å². The van der Waals surface area contributed by atoms with Crippen LogP contribution in [0.25, 0.3) is 0 Å². The van der Waals surface area contributed by atoms with E-state index >= 15 is 0 Å². The van der Waals surface area contributed by atoms with Crippen molar-refractivity contribution in [1.82, 2.24) is 0 Å². The summed E-state index contributed by atoms with van der Waals surface area (Å²) in [6.07, 6.45) is 17.3. The molecule has 0 aromatic heterocycles. The number of carbonyl (C=O) groups is 1. The lowest BCUT2D eigenvalue weighted by atomic mass is 9.86. The standard InChI is InChI=1S/C28H49NO4S/c1-4-5-6-7-8-9-10-11-12-13-14-15-16-22-27(30)28(3,34(31,32)33)26-21-17-19-25(24(26)2)20-18-23-29/h17,19,21H,4-16,18,20,22-23,29H2,1-3H3,(H,31,32,33). The SMILES string of the molecule is CCCCCCCCCCCCCCCC(=O)C(C)(c1cccc(CCCN)c1C)S(=O)(=O)O. The summed E-state index contributed by atoms with van der Waals surface area (Å²) in [5.74, 6) is -0.433. The first-order chi connectivity index (χ1) is 16.2. The van der Waals surface area contributed by atoms with Gasteiger partial charge in [-0.15, -0.1) is 0 Å². The van der Waals surface area contributed by atoms with Crippen molar-refractivity contribution in [3.8, 4) is 0 Å². The second-order valence-electron chi connectivity index (χ2n) is 9.91. The van der Waals surface area contributed by atoms with E-state index in [1.807, 2.05) is 13.0 Å². The third-order valence-electron chi connectivity index (χ3n) is 7.17. The lowest BCUT2D eigenvalue weighted by molar-refractivity contribution is -0.121. The van der Waals surface area contributed by atoms with Gasteiger partial charge in [0, 0.05) is 6.42 Å². The number of unbranched alkanes of at least 4 members (excludes halogenated alkanes) is 12. The van der Waals surface area contributed by atoms with Crippen molar-refractivity contribution in [2.75, 3.05) is 6.54 Å². The van der Waals surface area contributed by atoms with Crippen molar-refractivity contribution in [2.45, 2.75) is 128 Å². The van der Waals surface area contributed by atoms with Gasteiger partial charge in [-0.3, -0.25) is 9.35 Å². The summed E-state index contributed by atoms with van der Waals surface area (Å²) < 4.78 is 33.0. The molecule has 0 fully saturated rings. The highest BCUT2D eigenvalue weighted by Crippen LogP contribution is 2.36. The molecule has 196 valence electrons. The van der Waals surface area contributed by atoms with Crippen LogP contribution in [0.2, 0.25) is 0 Å². The van der Waals surface area contributed by atoms with Crippen LogP contribution in [0.5, 0.6) is 0 Å². The number of benzene rings is 1. The van der Waals surface area contributed by atoms with Gasteiger partial charge in [0.1, 0.15) is 0 Å². The summed E-state index contributed by atoms with van der Waals surface area (Å²) in [6, 6.07) is 5.34. The Labute approximate surface area is 209 Å². The Morgan fingerprint density at radius 2 is 1.38 bits per heavy atom. The van der Waals surface area contributed by atoms with Crippen LogP contribution in [0, 0.1) is 6.92 Å². The lowest BCUT2D eigenvalue weighted by Crippen LogP contribution is -2.41. The number of aryl methyl sites for hydroxylation is 1. The Kier molecular flexibility index (Phi) is 14.9. The van der Waals surface area contributed by atoms with Crippen molar-refractivity contribution < 1.29 is 17.8 Å². The van der Waals surface area contributed by atoms with Gasteiger partial charge >= 0.3 is 0 Å². The highest BCUT2D eigenvalue weighted by molar-refractivity contribution is 7.87. The summed E-state index contributed by atoms with van der Waals surface area (Å²) in [5.41, 5.74) is 7.71. The zero-order valence-electron chi connectivity index (χ0n) is 21.9. The average Bonchev–Trinajstić information content (AvgIpc) is 2.80. The second kappa shape index (κ2) is 16.4. The minimum absolute atomic E-state index is 0.153. The molecule has 1 rings (SSSR count). The molecule has 0 heterocycles. The number of carbonyl (C=O) groups excluding carboxylic acids is 1. The van der Waals surface area contributed by atoms with Crippen LogP contribution in [0.3, 0.4) is 0 Å². The van der Waals surface area contributed by atoms with Crippen molar-refractivity contribution in [3.05, 3.63) is 34.9 Å². The molecule has 0 radical (unpaired) electrons. The number of nitrogens with two attached hydrogens (primary N) is 1. The number of Topliss-reactive ketones (excluding diaryl/α,β-unsaturated/α-hetero) is 1. The molecule has 0 saturated carbocycles. The van der Waals surface area contributed by atoms with Gasteiger partial charge < -0.3 is 5.73 Å². The molecule has 1 unspecified atom stereocenters. The topological polar surface area (TPSA) is 97.5 Å². The van der Waals surface area contributed by atoms with E-state index < -0.39 is 20.6 Å². The largest absolute Gasteiger partial charge is 0.330 e. The normalized spacial score (nSPS) is 13.7. The van der Waals surface area contributed by atoms with Gasteiger partial charge in [-0.05, 0) is 56.3 Å². The van der Waals surface area contributed by atoms with Crippen molar-refractivity contribution in [2.24, 2.45) is 5.73 Å². The minimum atomic E-state index is -4.62. The summed E-state index contributed by atoms with van der Waals surface area (Å²) in [6.45, 7) is 5.95. The van der Waals surface area contributed by atoms with Gasteiger partial charge in [-0.25, -0.2) is 0 Å². The predicted octanol–water partition coefficient (Wildman–Crippen LogP) is 7.04. The van der Waals surface area contributed by atoms with Crippen LogP contribution in [0.4, 0.5) is 0 Å². The van der Waals surface area contributed by atoms with Crippen LogP contribution in [-0.2, 0) is 26.1 Å². The van der Waals surface area contributed by atoms with E-state index in [0.29, 0.717) is 24.9 Å². The second-order valence-corrected chi connectivity index (χ2v) is 11.7. The zero-order chi connectivity index (χ0) is 25.5. The number of hydrogen-bond acceptors (Lipinski definition) is 4. The van der Waals surface area contributed by atoms with Gasteiger partial charge in [0.25, 0.3) is 10.1 Å². The van der Waals surface area contributed by atoms with E-state index in [2.05, 4.69) is 6.92 Å². The highest BCUT2D eigenvalue weighted by atomic mass is 32.2. The summed E-state index contributed by atoms with van der Waals surface area (Å²) in [5, 5.41) is 0. The van der Waals surface area contributed by atoms with E-state index in [0.717, 1.165) is 36.8 Å². The first kappa shape index (κ1) is 30.8. The molecule has 0 aliphatic heterocycles. The van der Waals surface area contributed by atoms with Crippen molar-refractivity contribution in [1.29, 1.82) is 0 Å². The molecule has 0 bridgehead atoms. The van der Waals surface area contributed by atoms with Gasteiger partial charge in [0.05, 0.1) is 0 Å². The van der Waals surface area contributed by atoms with E-state index in [1.54, 1.807) is 12.1 Å². The molecule has 5 nitrogen and oxygen atoms in total. The van der Waals surface area contributed by atoms with Gasteiger partial charge in [0.2, 0.25) is 0 Å². The molecule has 1 aromatic rings. The van der Waals surface area contributed by atoms with Crippen LogP contribution in [0.1, 0.15) is 127 Å². The Hall–Kier alpha value is -1.24. The van der Waals surface area contributed by atoms with Crippen LogP contribution in [0.15, 0.2) is 18.2 Å². The first-order valence-electron chi connectivity index (χ1n) is 13.5. The average molecular weight is 496 g/mol. The summed E-state index contributed by atoms with van der Waals surface area (Å²) in [7, 11) is -4.62. The molecule has 0 aliphatic rings. The Balaban J connectivity index is 2.51. The Bertz CT molecular complexity index is 822. The van der Waals surface area contributed by atoms with E-state index in [4.69, 9.17) is 5.73 Å². The maximum atomic E-state index is 13.1. The van der Waals surface area contributed by atoms with Crippen LogP contribution in [-0.4, -0.2) is 25.3 Å². The molecular formula is C28H49NO4S. The third-order valence-corrected chi connectivity index (χ3v) is 8.64. The summed E-state index contributed by atoms with van der Waals surface area (Å²) in [4.78, 5) is 13.1. The van der Waals surface area contributed by atoms with E-state index in [9.17, 15) is 17.8 Å². The molecule has 3 N–H and O–H groups in total. The van der Waals surface area contributed by atoms with Gasteiger partial charge in [-0.2, -0.15) is 8.42 Å². The molecule has 0 amide bonds. The number of rotatable bonds is 20. The maximum absolute atomic E-state index is 13.1. The fourth-order valence-electron chi connectivity index (χ4n) is 4.74. The number of hydrogen-bond donors (Lipinski definition) is 2. The minimum Gasteiger partial charge on any atom is -0.330 e. The van der Waals surface area contributed by atoms with E-state index in [-0.39, 0.29) is 6.42 Å². The molecule has 34 heavy (non-hydrogen) atoms.